The molecule has 1 fully saturated rings. The minimum atomic E-state index is -2.07. The maximum absolute atomic E-state index is 13.2. The topological polar surface area (TPSA) is 56.8 Å². The van der Waals surface area contributed by atoms with Gasteiger partial charge in [0, 0.05) is 5.56 Å². The first-order valence-corrected chi connectivity index (χ1v) is 16.4. The SMILES string of the molecule is CC/C=C(\C)[C@@H]1C/C=C/[C@@H]2O[C@H](c3ccccc3)O[C@]2(C)CC[C@@H](O[Si](C)(C)C(C)(C)C)CC(=O)N1. The number of fused-ring (bicyclic) bond motifs is 1. The third-order valence-corrected chi connectivity index (χ3v) is 12.6. The third-order valence-electron chi connectivity index (χ3n) is 8.06. The number of amides is 1. The van der Waals surface area contributed by atoms with Gasteiger partial charge in [-0.25, -0.2) is 0 Å². The van der Waals surface area contributed by atoms with Gasteiger partial charge in [0.25, 0.3) is 0 Å². The molecule has 0 unspecified atom stereocenters. The van der Waals surface area contributed by atoms with Crippen molar-refractivity contribution in [2.45, 2.75) is 122 Å². The smallest absolute Gasteiger partial charge is 0.223 e. The van der Waals surface area contributed by atoms with Gasteiger partial charge in [-0.1, -0.05) is 81.8 Å². The van der Waals surface area contributed by atoms with Gasteiger partial charge in [-0.3, -0.25) is 4.79 Å². The van der Waals surface area contributed by atoms with E-state index in [0.29, 0.717) is 12.8 Å². The minimum absolute atomic E-state index is 0.0415. The highest BCUT2D eigenvalue weighted by atomic mass is 28.4. The maximum Gasteiger partial charge on any atom is 0.223 e. The number of carbonyl (C=O) groups is 1. The summed E-state index contributed by atoms with van der Waals surface area (Å²) in [6, 6.07) is 10.1. The van der Waals surface area contributed by atoms with Gasteiger partial charge >= 0.3 is 0 Å². The number of ether oxygens (including phenoxy) is 2. The van der Waals surface area contributed by atoms with Gasteiger partial charge in [-0.05, 0) is 57.7 Å². The predicted molar refractivity (Wildman–Crippen MR) is 149 cm³/mol. The van der Waals surface area contributed by atoms with E-state index in [1.165, 1.54) is 5.57 Å². The fourth-order valence-electron chi connectivity index (χ4n) is 4.69. The Kier molecular flexibility index (Phi) is 9.42. The Balaban J connectivity index is 1.92. The molecular formula is C30H47NO4Si. The first-order chi connectivity index (χ1) is 16.8. The number of allylic oxidation sites excluding steroid dienone is 1. The zero-order valence-corrected chi connectivity index (χ0v) is 24.6. The van der Waals surface area contributed by atoms with E-state index in [0.717, 1.165) is 24.8 Å². The third kappa shape index (κ3) is 7.18. The lowest BCUT2D eigenvalue weighted by atomic mass is 9.90. The highest BCUT2D eigenvalue weighted by molar-refractivity contribution is 6.74. The summed E-state index contributed by atoms with van der Waals surface area (Å²) in [7, 11) is -2.07. The van der Waals surface area contributed by atoms with Gasteiger partial charge in [0.05, 0.1) is 24.2 Å². The van der Waals surface area contributed by atoms with Crippen molar-refractivity contribution >= 4 is 14.2 Å². The molecule has 1 aromatic carbocycles. The summed E-state index contributed by atoms with van der Waals surface area (Å²) in [6.07, 6.45) is 9.21. The lowest BCUT2D eigenvalue weighted by Gasteiger charge is -2.40. The van der Waals surface area contributed by atoms with Crippen molar-refractivity contribution in [3.05, 3.63) is 59.7 Å². The lowest BCUT2D eigenvalue weighted by molar-refractivity contribution is -0.123. The van der Waals surface area contributed by atoms with Crippen molar-refractivity contribution in [2.24, 2.45) is 0 Å². The van der Waals surface area contributed by atoms with Crippen LogP contribution in [0.3, 0.4) is 0 Å². The van der Waals surface area contributed by atoms with Crippen LogP contribution in [0.4, 0.5) is 0 Å². The molecule has 5 atom stereocenters. The molecule has 1 saturated heterocycles. The number of carbonyl (C=O) groups excluding carboxylic acids is 1. The Morgan fingerprint density at radius 1 is 1.25 bits per heavy atom. The Bertz CT molecular complexity index is 936. The van der Waals surface area contributed by atoms with Crippen LogP contribution in [0, 0.1) is 0 Å². The second-order valence-electron chi connectivity index (χ2n) is 12.1. The van der Waals surface area contributed by atoms with E-state index in [2.05, 4.69) is 78.2 Å². The highest BCUT2D eigenvalue weighted by Gasteiger charge is 2.46. The molecule has 2 aliphatic heterocycles. The maximum atomic E-state index is 13.2. The average Bonchev–Trinajstić information content (AvgIpc) is 3.12. The molecule has 0 bridgehead atoms. The van der Waals surface area contributed by atoms with Gasteiger partial charge in [0.2, 0.25) is 5.91 Å². The monoisotopic (exact) mass is 513 g/mol. The molecule has 6 heteroatoms. The van der Waals surface area contributed by atoms with Crippen molar-refractivity contribution in [1.82, 2.24) is 5.32 Å². The fourth-order valence-corrected chi connectivity index (χ4v) is 6.08. The van der Waals surface area contributed by atoms with Crippen LogP contribution < -0.4 is 5.32 Å². The molecule has 0 aliphatic carbocycles. The van der Waals surface area contributed by atoms with E-state index in [1.807, 2.05) is 30.3 Å². The van der Waals surface area contributed by atoms with Crippen LogP contribution >= 0.6 is 0 Å². The van der Waals surface area contributed by atoms with E-state index in [-0.39, 0.29) is 29.2 Å². The van der Waals surface area contributed by atoms with Gasteiger partial charge in [0.1, 0.15) is 6.10 Å². The first kappa shape index (κ1) is 28.8. The fraction of sp³-hybridized carbons (Fsp3) is 0.633. The first-order valence-electron chi connectivity index (χ1n) is 13.5. The molecule has 0 radical (unpaired) electrons. The molecular weight excluding hydrogens is 466 g/mol. The van der Waals surface area contributed by atoms with E-state index in [1.54, 1.807) is 0 Å². The number of hydrogen-bond donors (Lipinski definition) is 1. The standard InChI is InChI=1S/C30H47NO4Si/c1-9-14-22(2)25-17-13-18-26-30(6,34-28(33-26)23-15-11-10-12-16-23)20-19-24(21-27(32)31-25)35-36(7,8)29(3,4)5/h10-16,18,24-26,28H,9,17,19-21H2,1-8H3,(H,31,32)/b18-13+,22-14+/t24-,25+,26+,28+,30-/m1/s1. The Morgan fingerprint density at radius 2 is 1.94 bits per heavy atom. The van der Waals surface area contributed by atoms with Crippen molar-refractivity contribution in [3.63, 3.8) is 0 Å². The number of rotatable bonds is 5. The van der Waals surface area contributed by atoms with Crippen LogP contribution in [0.5, 0.6) is 0 Å². The summed E-state index contributed by atoms with van der Waals surface area (Å²) in [5, 5.41) is 3.35. The Morgan fingerprint density at radius 3 is 2.58 bits per heavy atom. The van der Waals surface area contributed by atoms with E-state index < -0.39 is 20.2 Å². The molecule has 0 spiro atoms. The summed E-state index contributed by atoms with van der Waals surface area (Å²) in [4.78, 5) is 13.2. The number of nitrogens with one attached hydrogen (secondary N) is 1. The summed E-state index contributed by atoms with van der Waals surface area (Å²) in [5.74, 6) is 0.0500. The van der Waals surface area contributed by atoms with E-state index in [9.17, 15) is 4.79 Å². The van der Waals surface area contributed by atoms with Crippen LogP contribution in [-0.2, 0) is 18.7 Å². The van der Waals surface area contributed by atoms with E-state index in [4.69, 9.17) is 13.9 Å². The number of hydrogen-bond acceptors (Lipinski definition) is 4. The average molecular weight is 514 g/mol. The molecule has 1 N–H and O–H groups in total. The van der Waals surface area contributed by atoms with Gasteiger partial charge in [0.15, 0.2) is 14.6 Å². The quantitative estimate of drug-likeness (QED) is 0.333. The predicted octanol–water partition coefficient (Wildman–Crippen LogP) is 7.22. The molecule has 5 nitrogen and oxygen atoms in total. The van der Waals surface area contributed by atoms with Crippen molar-refractivity contribution < 1.29 is 18.7 Å². The normalized spacial score (nSPS) is 31.7. The molecule has 3 rings (SSSR count). The summed E-state index contributed by atoms with van der Waals surface area (Å²) in [6.45, 7) is 17.6. The summed E-state index contributed by atoms with van der Waals surface area (Å²) < 4.78 is 19.9. The Labute approximate surface area is 219 Å². The molecule has 200 valence electrons. The summed E-state index contributed by atoms with van der Waals surface area (Å²) in [5.41, 5.74) is 1.70. The van der Waals surface area contributed by atoms with Crippen LogP contribution in [0.2, 0.25) is 18.1 Å². The van der Waals surface area contributed by atoms with Crippen molar-refractivity contribution in [2.75, 3.05) is 0 Å². The second kappa shape index (κ2) is 11.8. The number of benzene rings is 1. The van der Waals surface area contributed by atoms with Gasteiger partial charge in [-0.2, -0.15) is 0 Å². The molecule has 2 aliphatic rings. The van der Waals surface area contributed by atoms with E-state index >= 15 is 0 Å². The summed E-state index contributed by atoms with van der Waals surface area (Å²) >= 11 is 0. The van der Waals surface area contributed by atoms with Crippen molar-refractivity contribution in [3.8, 4) is 0 Å². The van der Waals surface area contributed by atoms with Crippen LogP contribution in [0.15, 0.2) is 54.1 Å². The lowest BCUT2D eigenvalue weighted by Crippen LogP contribution is -2.47. The Hall–Kier alpha value is -1.73. The van der Waals surface area contributed by atoms with Gasteiger partial charge < -0.3 is 19.2 Å². The molecule has 2 heterocycles. The largest absolute Gasteiger partial charge is 0.413 e. The zero-order chi connectivity index (χ0) is 26.6. The molecule has 0 aromatic heterocycles. The molecule has 1 amide bonds. The van der Waals surface area contributed by atoms with Crippen LogP contribution in [0.1, 0.15) is 85.5 Å². The molecule has 1 aromatic rings. The van der Waals surface area contributed by atoms with Crippen LogP contribution in [0.25, 0.3) is 0 Å². The van der Waals surface area contributed by atoms with Gasteiger partial charge in [-0.15, -0.1) is 0 Å². The van der Waals surface area contributed by atoms with Crippen molar-refractivity contribution in [1.29, 1.82) is 0 Å². The minimum Gasteiger partial charge on any atom is -0.413 e. The second-order valence-corrected chi connectivity index (χ2v) is 16.9. The highest BCUT2D eigenvalue weighted by Crippen LogP contribution is 2.43. The van der Waals surface area contributed by atoms with Crippen LogP contribution in [-0.4, -0.2) is 38.1 Å². The zero-order valence-electron chi connectivity index (χ0n) is 23.6. The molecule has 36 heavy (non-hydrogen) atoms. The molecule has 0 saturated carbocycles.